The van der Waals surface area contributed by atoms with Gasteiger partial charge in [0.15, 0.2) is 11.0 Å². The summed E-state index contributed by atoms with van der Waals surface area (Å²) in [4.78, 5) is 27.1. The molecular weight excluding hydrogens is 513 g/mol. The Bertz CT molecular complexity index is 1390. The molecule has 4 rings (SSSR count). The minimum atomic E-state index is -0.444. The SMILES string of the molecule is C=CCn1c(SCC(=O)Nc2sc(C)cc2C(=O)OCC)nnc1-c1csc(C)c1-c1ccccc1. The minimum absolute atomic E-state index is 0.114. The molecule has 1 N–H and O–H groups in total. The van der Waals surface area contributed by atoms with Gasteiger partial charge in [-0.2, -0.15) is 0 Å². The maximum atomic E-state index is 12.8. The van der Waals surface area contributed by atoms with Gasteiger partial charge in [0.1, 0.15) is 5.00 Å². The number of hydrogen-bond acceptors (Lipinski definition) is 8. The van der Waals surface area contributed by atoms with E-state index in [1.54, 1.807) is 30.4 Å². The van der Waals surface area contributed by atoms with Crippen LogP contribution in [0.15, 0.2) is 59.6 Å². The van der Waals surface area contributed by atoms with Crippen molar-refractivity contribution in [1.82, 2.24) is 14.8 Å². The van der Waals surface area contributed by atoms with E-state index in [9.17, 15) is 9.59 Å². The summed E-state index contributed by atoms with van der Waals surface area (Å²) < 4.78 is 7.08. The Hall–Kier alpha value is -3.21. The second kappa shape index (κ2) is 11.7. The Morgan fingerprint density at radius 1 is 1.22 bits per heavy atom. The van der Waals surface area contributed by atoms with Gasteiger partial charge < -0.3 is 10.1 Å². The topological polar surface area (TPSA) is 86.1 Å². The van der Waals surface area contributed by atoms with Gasteiger partial charge in [-0.1, -0.05) is 48.2 Å². The number of nitrogens with zero attached hydrogens (tertiary/aromatic N) is 3. The standard InChI is InChI=1S/C26H26N4O3S3/c1-5-12-30-23(20-14-34-17(4)22(20)18-10-8-7-9-11-18)28-29-26(30)35-15-21(31)27-24-19(13-16(3)36-24)25(32)33-6-2/h5,7-11,13-14H,1,6,12,15H2,2-4H3,(H,27,31). The number of carbonyl (C=O) groups excluding carboxylic acids is 2. The first kappa shape index (κ1) is 25.9. The van der Waals surface area contributed by atoms with Crippen molar-refractivity contribution in [3.8, 4) is 22.5 Å². The van der Waals surface area contributed by atoms with E-state index in [4.69, 9.17) is 4.74 Å². The highest BCUT2D eigenvalue weighted by Crippen LogP contribution is 2.39. The first-order valence-electron chi connectivity index (χ1n) is 11.3. The van der Waals surface area contributed by atoms with E-state index in [2.05, 4.69) is 46.5 Å². The van der Waals surface area contributed by atoms with Crippen LogP contribution in [0, 0.1) is 13.8 Å². The fraction of sp³-hybridized carbons (Fsp3) is 0.231. The van der Waals surface area contributed by atoms with E-state index < -0.39 is 5.97 Å². The van der Waals surface area contributed by atoms with Crippen LogP contribution in [-0.4, -0.2) is 39.0 Å². The summed E-state index contributed by atoms with van der Waals surface area (Å²) in [6.45, 7) is 10.4. The molecule has 0 bridgehead atoms. The van der Waals surface area contributed by atoms with E-state index in [1.807, 2.05) is 29.7 Å². The zero-order chi connectivity index (χ0) is 25.7. The summed E-state index contributed by atoms with van der Waals surface area (Å²) in [6, 6.07) is 11.9. The maximum absolute atomic E-state index is 12.8. The molecule has 4 aromatic rings. The van der Waals surface area contributed by atoms with Gasteiger partial charge >= 0.3 is 5.97 Å². The number of aryl methyl sites for hydroxylation is 2. The smallest absolute Gasteiger partial charge is 0.341 e. The van der Waals surface area contributed by atoms with Crippen molar-refractivity contribution in [2.24, 2.45) is 0 Å². The van der Waals surface area contributed by atoms with Crippen molar-refractivity contribution < 1.29 is 14.3 Å². The molecule has 0 aliphatic carbocycles. The summed E-state index contributed by atoms with van der Waals surface area (Å²) in [7, 11) is 0. The number of amides is 1. The van der Waals surface area contributed by atoms with E-state index in [1.165, 1.54) is 28.0 Å². The zero-order valence-corrected chi connectivity index (χ0v) is 22.7. The Balaban J connectivity index is 1.54. The number of esters is 1. The zero-order valence-electron chi connectivity index (χ0n) is 20.2. The molecule has 186 valence electrons. The van der Waals surface area contributed by atoms with E-state index >= 15 is 0 Å². The van der Waals surface area contributed by atoms with Gasteiger partial charge in [0.2, 0.25) is 5.91 Å². The molecule has 3 heterocycles. The summed E-state index contributed by atoms with van der Waals surface area (Å²) >= 11 is 4.31. The molecule has 0 fully saturated rings. The van der Waals surface area contributed by atoms with Crippen LogP contribution in [0.2, 0.25) is 0 Å². The molecule has 3 aromatic heterocycles. The van der Waals surface area contributed by atoms with Crippen LogP contribution in [-0.2, 0) is 16.1 Å². The normalized spacial score (nSPS) is 10.9. The van der Waals surface area contributed by atoms with Gasteiger partial charge in [0, 0.05) is 32.8 Å². The van der Waals surface area contributed by atoms with Crippen LogP contribution in [0.5, 0.6) is 0 Å². The second-order valence-electron chi connectivity index (χ2n) is 7.81. The highest BCUT2D eigenvalue weighted by atomic mass is 32.2. The lowest BCUT2D eigenvalue weighted by Gasteiger charge is -2.10. The number of aromatic nitrogens is 3. The molecule has 0 unspecified atom stereocenters. The molecule has 1 aromatic carbocycles. The summed E-state index contributed by atoms with van der Waals surface area (Å²) in [5, 5.41) is 14.9. The lowest BCUT2D eigenvalue weighted by atomic mass is 10.0. The highest BCUT2D eigenvalue weighted by Gasteiger charge is 2.22. The molecule has 0 radical (unpaired) electrons. The van der Waals surface area contributed by atoms with Gasteiger partial charge in [-0.3, -0.25) is 9.36 Å². The minimum Gasteiger partial charge on any atom is -0.462 e. The maximum Gasteiger partial charge on any atom is 0.341 e. The third kappa shape index (κ3) is 5.61. The van der Waals surface area contributed by atoms with Crippen LogP contribution in [0.25, 0.3) is 22.5 Å². The van der Waals surface area contributed by atoms with Crippen molar-refractivity contribution in [2.75, 3.05) is 17.7 Å². The Kier molecular flexibility index (Phi) is 8.40. The Morgan fingerprint density at radius 3 is 2.72 bits per heavy atom. The van der Waals surface area contributed by atoms with Crippen molar-refractivity contribution in [1.29, 1.82) is 0 Å². The number of ether oxygens (including phenoxy) is 1. The van der Waals surface area contributed by atoms with Crippen LogP contribution in [0.3, 0.4) is 0 Å². The van der Waals surface area contributed by atoms with Crippen LogP contribution >= 0.6 is 34.4 Å². The van der Waals surface area contributed by atoms with Gasteiger partial charge in [-0.25, -0.2) is 4.79 Å². The van der Waals surface area contributed by atoms with Gasteiger partial charge in [0.05, 0.1) is 17.9 Å². The lowest BCUT2D eigenvalue weighted by Crippen LogP contribution is -2.16. The van der Waals surface area contributed by atoms with E-state index in [0.29, 0.717) is 22.3 Å². The molecule has 10 heteroatoms. The van der Waals surface area contributed by atoms with Gasteiger partial charge in [0.25, 0.3) is 0 Å². The number of thioether (sulfide) groups is 1. The van der Waals surface area contributed by atoms with Crippen molar-refractivity contribution in [3.05, 3.63) is 69.8 Å². The molecule has 0 saturated carbocycles. The summed E-state index contributed by atoms with van der Waals surface area (Å²) in [5.41, 5.74) is 3.63. The molecule has 7 nitrogen and oxygen atoms in total. The first-order chi connectivity index (χ1) is 17.4. The third-order valence-electron chi connectivity index (χ3n) is 5.24. The predicted octanol–water partition coefficient (Wildman–Crippen LogP) is 6.45. The van der Waals surface area contributed by atoms with Crippen LogP contribution in [0.4, 0.5) is 5.00 Å². The third-order valence-corrected chi connectivity index (χ3v) is 8.09. The Morgan fingerprint density at radius 2 is 2.00 bits per heavy atom. The van der Waals surface area contributed by atoms with Crippen molar-refractivity contribution in [2.45, 2.75) is 32.5 Å². The summed E-state index contributed by atoms with van der Waals surface area (Å²) in [6.07, 6.45) is 1.79. The largest absolute Gasteiger partial charge is 0.462 e. The molecule has 36 heavy (non-hydrogen) atoms. The fourth-order valence-electron chi connectivity index (χ4n) is 3.73. The number of hydrogen-bond donors (Lipinski definition) is 1. The molecule has 0 saturated heterocycles. The van der Waals surface area contributed by atoms with Crippen molar-refractivity contribution >= 4 is 51.3 Å². The van der Waals surface area contributed by atoms with E-state index in [-0.39, 0.29) is 18.3 Å². The van der Waals surface area contributed by atoms with Crippen molar-refractivity contribution in [3.63, 3.8) is 0 Å². The number of rotatable bonds is 10. The monoisotopic (exact) mass is 538 g/mol. The number of anilines is 1. The van der Waals surface area contributed by atoms with Gasteiger partial charge in [-0.15, -0.1) is 39.4 Å². The number of benzene rings is 1. The molecule has 0 atom stereocenters. The Labute approximate surface area is 222 Å². The fourth-order valence-corrected chi connectivity index (χ4v) is 6.26. The predicted molar refractivity (Wildman–Crippen MR) is 148 cm³/mol. The number of allylic oxidation sites excluding steroid dienone is 1. The molecular formula is C26H26N4O3S3. The molecule has 0 aliphatic heterocycles. The number of thiophene rings is 2. The summed E-state index contributed by atoms with van der Waals surface area (Å²) in [5.74, 6) is 0.168. The average Bonchev–Trinajstić information content (AvgIpc) is 3.55. The molecule has 1 amide bonds. The van der Waals surface area contributed by atoms with E-state index in [0.717, 1.165) is 27.4 Å². The lowest BCUT2D eigenvalue weighted by molar-refractivity contribution is -0.113. The van der Waals surface area contributed by atoms with Crippen LogP contribution < -0.4 is 5.32 Å². The molecule has 0 spiro atoms. The van der Waals surface area contributed by atoms with Gasteiger partial charge in [-0.05, 0) is 32.4 Å². The first-order valence-corrected chi connectivity index (χ1v) is 14.0. The number of nitrogens with one attached hydrogen (secondary N) is 1. The highest BCUT2D eigenvalue weighted by molar-refractivity contribution is 7.99. The van der Waals surface area contributed by atoms with Crippen LogP contribution in [0.1, 0.15) is 27.0 Å². The molecule has 0 aliphatic rings. The average molecular weight is 539 g/mol. The number of carbonyl (C=O) groups is 2. The quantitative estimate of drug-likeness (QED) is 0.142. The second-order valence-corrected chi connectivity index (χ2v) is 11.1.